The Morgan fingerprint density at radius 3 is 2.37 bits per heavy atom. The number of nitrogens with zero attached hydrogens (tertiary/aromatic N) is 2. The van der Waals surface area contributed by atoms with Crippen LogP contribution in [0.2, 0.25) is 5.02 Å². The highest BCUT2D eigenvalue weighted by molar-refractivity contribution is 7.92. The number of carbonyl (C=O) groups is 1. The molecule has 0 fully saturated rings. The number of rotatable bonds is 9. The molecule has 3 aromatic carbocycles. The Hall–Kier alpha value is -3.64. The number of carbonyl (C=O) groups excluding carboxylic acids is 1. The molecule has 0 aliphatic carbocycles. The number of nitrogens with two attached hydrogens (primary N) is 1. The number of hydrogen-bond acceptors (Lipinski definition) is 8. The molecule has 4 aromatic rings. The van der Waals surface area contributed by atoms with Crippen LogP contribution < -0.4 is 25.8 Å². The van der Waals surface area contributed by atoms with Crippen molar-refractivity contribution < 1.29 is 17.9 Å². The number of methoxy groups -OCH3 is 1. The first kappa shape index (κ1) is 28.9. The van der Waals surface area contributed by atoms with Crippen LogP contribution >= 0.6 is 24.0 Å². The molecule has 1 unspecified atom stereocenters. The first-order chi connectivity index (χ1) is 17.7. The number of hydrogen-bond donors (Lipinski definition) is 4. The molecule has 4 rings (SSSR count). The molecule has 1 aromatic heterocycles. The van der Waals surface area contributed by atoms with Gasteiger partial charge in [-0.25, -0.2) is 18.4 Å². The molecule has 1 amide bonds. The fourth-order valence-electron chi connectivity index (χ4n) is 3.36. The van der Waals surface area contributed by atoms with Crippen molar-refractivity contribution in [1.29, 1.82) is 0 Å². The molecule has 13 heteroatoms. The van der Waals surface area contributed by atoms with Gasteiger partial charge in [-0.15, -0.1) is 12.4 Å². The van der Waals surface area contributed by atoms with Gasteiger partial charge >= 0.3 is 0 Å². The summed E-state index contributed by atoms with van der Waals surface area (Å²) in [7, 11) is -2.61. The number of ether oxygens (including phenoxy) is 1. The maximum absolute atomic E-state index is 13.3. The number of sulfonamides is 1. The van der Waals surface area contributed by atoms with Gasteiger partial charge in [0.1, 0.15) is 5.75 Å². The number of anilines is 4. The van der Waals surface area contributed by atoms with Gasteiger partial charge in [-0.05, 0) is 48.9 Å². The quantitative estimate of drug-likeness (QED) is 0.219. The van der Waals surface area contributed by atoms with Crippen molar-refractivity contribution in [3.63, 3.8) is 0 Å². The maximum atomic E-state index is 13.3. The number of aromatic nitrogens is 2. The lowest BCUT2D eigenvalue weighted by molar-refractivity contribution is -0.117. The number of para-hydroxylation sites is 2. The molecule has 0 bridgehead atoms. The zero-order valence-electron chi connectivity index (χ0n) is 20.4. The number of fused-ring (bicyclic) bond motifs is 1. The summed E-state index contributed by atoms with van der Waals surface area (Å²) in [5.41, 5.74) is 7.53. The summed E-state index contributed by atoms with van der Waals surface area (Å²) < 4.78 is 34.5. The minimum atomic E-state index is -4.14. The molecule has 5 N–H and O–H groups in total. The Morgan fingerprint density at radius 1 is 1.03 bits per heavy atom. The molecular formula is C25H26Cl2N6O4S. The van der Waals surface area contributed by atoms with E-state index in [0.717, 1.165) is 0 Å². The topological polar surface area (TPSA) is 148 Å². The minimum absolute atomic E-state index is 0. The van der Waals surface area contributed by atoms with Crippen molar-refractivity contribution in [1.82, 2.24) is 9.97 Å². The Labute approximate surface area is 231 Å². The average molecular weight is 577 g/mol. The van der Waals surface area contributed by atoms with E-state index in [1.165, 1.54) is 25.3 Å². The summed E-state index contributed by atoms with van der Waals surface area (Å²) in [6.07, 6.45) is 0.444. The van der Waals surface area contributed by atoms with Crippen molar-refractivity contribution in [2.24, 2.45) is 5.73 Å². The first-order valence-corrected chi connectivity index (χ1v) is 13.1. The van der Waals surface area contributed by atoms with Gasteiger partial charge in [0.05, 0.1) is 39.8 Å². The molecule has 0 saturated heterocycles. The average Bonchev–Trinajstić information content (AvgIpc) is 2.89. The summed E-state index contributed by atoms with van der Waals surface area (Å²) >= 11 is 6.35. The van der Waals surface area contributed by atoms with E-state index in [4.69, 9.17) is 22.1 Å². The molecule has 1 heterocycles. The lowest BCUT2D eigenvalue weighted by atomic mass is 10.2. The second-order valence-electron chi connectivity index (χ2n) is 8.02. The molecule has 1 atom stereocenters. The van der Waals surface area contributed by atoms with Crippen LogP contribution in [0, 0.1) is 0 Å². The van der Waals surface area contributed by atoms with Crippen molar-refractivity contribution in [3.05, 3.63) is 71.8 Å². The van der Waals surface area contributed by atoms with Crippen LogP contribution in [0.1, 0.15) is 13.3 Å². The molecule has 0 radical (unpaired) electrons. The molecule has 0 spiro atoms. The number of amides is 1. The van der Waals surface area contributed by atoms with Crippen LogP contribution in [-0.4, -0.2) is 37.4 Å². The van der Waals surface area contributed by atoms with E-state index in [1.54, 1.807) is 55.5 Å². The Kier molecular flexibility index (Phi) is 9.34. The van der Waals surface area contributed by atoms with Gasteiger partial charge in [0.15, 0.2) is 11.6 Å². The Bertz CT molecular complexity index is 1570. The lowest BCUT2D eigenvalue weighted by Gasteiger charge is -2.16. The monoisotopic (exact) mass is 576 g/mol. The smallest absolute Gasteiger partial charge is 0.263 e. The fourth-order valence-corrected chi connectivity index (χ4v) is 4.58. The Balaban J connectivity index is 0.00000400. The van der Waals surface area contributed by atoms with Crippen LogP contribution in [0.4, 0.5) is 23.0 Å². The van der Waals surface area contributed by atoms with E-state index in [0.29, 0.717) is 39.6 Å². The summed E-state index contributed by atoms with van der Waals surface area (Å²) in [5.74, 6) is 0.229. The van der Waals surface area contributed by atoms with E-state index < -0.39 is 22.0 Å². The van der Waals surface area contributed by atoms with Gasteiger partial charge in [-0.1, -0.05) is 36.7 Å². The van der Waals surface area contributed by atoms with Crippen molar-refractivity contribution in [3.8, 4) is 5.75 Å². The predicted molar refractivity (Wildman–Crippen MR) is 152 cm³/mol. The zero-order chi connectivity index (χ0) is 26.6. The van der Waals surface area contributed by atoms with Gasteiger partial charge in [0.2, 0.25) is 5.91 Å². The molecule has 10 nitrogen and oxygen atoms in total. The van der Waals surface area contributed by atoms with Crippen LogP contribution in [0.5, 0.6) is 5.75 Å². The van der Waals surface area contributed by atoms with Gasteiger partial charge in [0.25, 0.3) is 10.0 Å². The minimum Gasteiger partial charge on any atom is -0.497 e. The third-order valence-electron chi connectivity index (χ3n) is 5.42. The Morgan fingerprint density at radius 2 is 1.71 bits per heavy atom. The second-order valence-corrected chi connectivity index (χ2v) is 10.1. The van der Waals surface area contributed by atoms with E-state index in [-0.39, 0.29) is 28.9 Å². The van der Waals surface area contributed by atoms with E-state index >= 15 is 0 Å². The van der Waals surface area contributed by atoms with Crippen LogP contribution in [0.3, 0.4) is 0 Å². The van der Waals surface area contributed by atoms with Crippen LogP contribution in [-0.2, 0) is 14.8 Å². The number of halogens is 2. The fraction of sp³-hybridized carbons (Fsp3) is 0.160. The van der Waals surface area contributed by atoms with Crippen molar-refractivity contribution in [2.75, 3.05) is 22.5 Å². The van der Waals surface area contributed by atoms with Gasteiger partial charge in [-0.2, -0.15) is 0 Å². The lowest BCUT2D eigenvalue weighted by Crippen LogP contribution is -2.34. The van der Waals surface area contributed by atoms with Crippen molar-refractivity contribution in [2.45, 2.75) is 24.3 Å². The predicted octanol–water partition coefficient (Wildman–Crippen LogP) is 4.93. The van der Waals surface area contributed by atoms with Gasteiger partial charge in [0, 0.05) is 11.8 Å². The highest BCUT2D eigenvalue weighted by atomic mass is 35.5. The first-order valence-electron chi connectivity index (χ1n) is 11.3. The third kappa shape index (κ3) is 6.62. The normalized spacial score (nSPS) is 11.8. The SMILES string of the molecule is CCC(N)C(=O)Nc1cccc(S(=O)(=O)Nc2nc3ccccc3nc2Nc2cc(OC)ccc2Cl)c1.Cl. The van der Waals surface area contributed by atoms with Crippen molar-refractivity contribution >= 4 is 74.0 Å². The third-order valence-corrected chi connectivity index (χ3v) is 7.08. The van der Waals surface area contributed by atoms with Gasteiger partial charge in [-0.3, -0.25) is 9.52 Å². The van der Waals surface area contributed by atoms with E-state index in [9.17, 15) is 13.2 Å². The number of nitrogens with one attached hydrogen (secondary N) is 3. The highest BCUT2D eigenvalue weighted by Gasteiger charge is 2.21. The summed E-state index contributed by atoms with van der Waals surface area (Å²) in [6, 6.07) is 17.2. The highest BCUT2D eigenvalue weighted by Crippen LogP contribution is 2.33. The maximum Gasteiger partial charge on any atom is 0.263 e. The molecule has 200 valence electrons. The van der Waals surface area contributed by atoms with Gasteiger partial charge < -0.3 is 21.1 Å². The molecule has 0 aliphatic heterocycles. The second kappa shape index (κ2) is 12.3. The van der Waals surface area contributed by atoms with E-state index in [2.05, 4.69) is 25.3 Å². The van der Waals surface area contributed by atoms with E-state index in [1.807, 2.05) is 0 Å². The summed E-state index contributed by atoms with van der Waals surface area (Å²) in [5, 5.41) is 6.06. The van der Waals surface area contributed by atoms with Crippen LogP contribution in [0.25, 0.3) is 11.0 Å². The standard InChI is InChI=1S/C25H25ClN6O4S.ClH/c1-3-19(27)25(33)28-15-7-6-8-17(13-15)37(34,35)32-24-23(29-20-9-4-5-10-21(20)30-24)31-22-14-16(36-2)11-12-18(22)26;/h4-14,19H,3,27H2,1-2H3,(H,28,33)(H,29,31)(H,30,32);1H. The molecular weight excluding hydrogens is 551 g/mol. The molecule has 38 heavy (non-hydrogen) atoms. The van der Waals surface area contributed by atoms with Crippen LogP contribution in [0.15, 0.2) is 71.6 Å². The molecule has 0 aliphatic rings. The largest absolute Gasteiger partial charge is 0.497 e. The summed E-state index contributed by atoms with van der Waals surface area (Å²) in [4.78, 5) is 21.1. The number of benzene rings is 3. The zero-order valence-corrected chi connectivity index (χ0v) is 22.8. The molecule has 0 saturated carbocycles. The summed E-state index contributed by atoms with van der Waals surface area (Å²) in [6.45, 7) is 1.78.